The lowest BCUT2D eigenvalue weighted by atomic mass is 9.92. The fourth-order valence-corrected chi connectivity index (χ4v) is 3.06. The first-order valence-electron chi connectivity index (χ1n) is 6.83. The maximum atomic E-state index is 12.8. The van der Waals surface area contributed by atoms with Crippen LogP contribution >= 0.6 is 0 Å². The SMILES string of the molecule is OC[C@@H]1CC[C@H]2CN(c3ncc(F)cn3)CCN2C1. The highest BCUT2D eigenvalue weighted by Gasteiger charge is 2.33. The van der Waals surface area contributed by atoms with E-state index in [1.807, 2.05) is 0 Å². The zero-order valence-corrected chi connectivity index (χ0v) is 10.9. The molecule has 0 aromatic carbocycles. The van der Waals surface area contributed by atoms with Gasteiger partial charge in [-0.05, 0) is 18.8 Å². The largest absolute Gasteiger partial charge is 0.396 e. The summed E-state index contributed by atoms with van der Waals surface area (Å²) in [7, 11) is 0. The van der Waals surface area contributed by atoms with Gasteiger partial charge in [0.05, 0.1) is 12.4 Å². The van der Waals surface area contributed by atoms with Crippen molar-refractivity contribution in [1.82, 2.24) is 14.9 Å². The Labute approximate surface area is 112 Å². The van der Waals surface area contributed by atoms with Crippen LogP contribution in [0.1, 0.15) is 12.8 Å². The molecule has 0 spiro atoms. The van der Waals surface area contributed by atoms with E-state index >= 15 is 0 Å². The summed E-state index contributed by atoms with van der Waals surface area (Å²) in [5.41, 5.74) is 0. The second-order valence-electron chi connectivity index (χ2n) is 5.42. The molecule has 0 unspecified atom stereocenters. The van der Waals surface area contributed by atoms with E-state index in [2.05, 4.69) is 19.8 Å². The predicted molar refractivity (Wildman–Crippen MR) is 69.4 cm³/mol. The van der Waals surface area contributed by atoms with Crippen LogP contribution in [0.2, 0.25) is 0 Å². The lowest BCUT2D eigenvalue weighted by Crippen LogP contribution is -2.57. The molecule has 0 saturated carbocycles. The highest BCUT2D eigenvalue weighted by molar-refractivity contribution is 5.30. The third-order valence-electron chi connectivity index (χ3n) is 4.15. The predicted octanol–water partition coefficient (Wildman–Crippen LogP) is 0.509. The first-order valence-corrected chi connectivity index (χ1v) is 6.83. The van der Waals surface area contributed by atoms with Gasteiger partial charge in [-0.2, -0.15) is 0 Å². The number of fused-ring (bicyclic) bond motifs is 1. The number of hydrogen-bond donors (Lipinski definition) is 1. The Kier molecular flexibility index (Phi) is 3.61. The smallest absolute Gasteiger partial charge is 0.225 e. The van der Waals surface area contributed by atoms with Crippen LogP contribution < -0.4 is 4.90 Å². The third kappa shape index (κ3) is 2.69. The number of nitrogens with zero attached hydrogens (tertiary/aromatic N) is 4. The van der Waals surface area contributed by atoms with Crippen molar-refractivity contribution in [3.8, 4) is 0 Å². The third-order valence-corrected chi connectivity index (χ3v) is 4.15. The minimum Gasteiger partial charge on any atom is -0.396 e. The Morgan fingerprint density at radius 2 is 2.00 bits per heavy atom. The average Bonchev–Trinajstić information content (AvgIpc) is 2.47. The number of piperazine rings is 1. The van der Waals surface area contributed by atoms with Crippen molar-refractivity contribution < 1.29 is 9.50 Å². The number of rotatable bonds is 2. The molecule has 2 atom stereocenters. The molecule has 3 heterocycles. The molecular formula is C13H19FN4O. The van der Waals surface area contributed by atoms with Crippen molar-refractivity contribution >= 4 is 5.95 Å². The van der Waals surface area contributed by atoms with Crippen LogP contribution in [0, 0.1) is 11.7 Å². The van der Waals surface area contributed by atoms with Crippen LogP contribution in [0.3, 0.4) is 0 Å². The normalized spacial score (nSPS) is 28.2. The van der Waals surface area contributed by atoms with E-state index in [0.717, 1.165) is 39.0 Å². The Balaban J connectivity index is 1.65. The zero-order chi connectivity index (χ0) is 13.2. The van der Waals surface area contributed by atoms with E-state index in [-0.39, 0.29) is 6.61 Å². The van der Waals surface area contributed by atoms with E-state index < -0.39 is 5.82 Å². The van der Waals surface area contributed by atoms with Crippen molar-refractivity contribution in [2.24, 2.45) is 5.92 Å². The summed E-state index contributed by atoms with van der Waals surface area (Å²) in [6.07, 6.45) is 4.62. The molecule has 2 fully saturated rings. The number of anilines is 1. The van der Waals surface area contributed by atoms with Crippen LogP contribution in [0.5, 0.6) is 0 Å². The fourth-order valence-electron chi connectivity index (χ4n) is 3.06. The Morgan fingerprint density at radius 1 is 1.21 bits per heavy atom. The summed E-state index contributed by atoms with van der Waals surface area (Å²) in [4.78, 5) is 12.7. The number of piperidine rings is 1. The summed E-state index contributed by atoms with van der Waals surface area (Å²) < 4.78 is 12.8. The van der Waals surface area contributed by atoms with Gasteiger partial charge in [0, 0.05) is 38.8 Å². The topological polar surface area (TPSA) is 52.5 Å². The Morgan fingerprint density at radius 3 is 2.74 bits per heavy atom. The highest BCUT2D eigenvalue weighted by Crippen LogP contribution is 2.26. The first kappa shape index (κ1) is 12.7. The molecular weight excluding hydrogens is 247 g/mol. The van der Waals surface area contributed by atoms with Gasteiger partial charge in [-0.15, -0.1) is 0 Å². The lowest BCUT2D eigenvalue weighted by Gasteiger charge is -2.46. The van der Waals surface area contributed by atoms with Crippen LogP contribution in [0.25, 0.3) is 0 Å². The summed E-state index contributed by atoms with van der Waals surface area (Å²) in [5.74, 6) is 0.640. The van der Waals surface area contributed by atoms with Gasteiger partial charge in [-0.3, -0.25) is 4.90 Å². The molecule has 6 heteroatoms. The molecule has 2 aliphatic rings. The van der Waals surface area contributed by atoms with E-state index in [0.29, 0.717) is 17.9 Å². The molecule has 3 rings (SSSR count). The van der Waals surface area contributed by atoms with Crippen LogP contribution in [-0.4, -0.2) is 58.8 Å². The quantitative estimate of drug-likeness (QED) is 0.845. The second-order valence-corrected chi connectivity index (χ2v) is 5.42. The second kappa shape index (κ2) is 5.38. The molecule has 2 saturated heterocycles. The van der Waals surface area contributed by atoms with Crippen molar-refractivity contribution in [2.75, 3.05) is 37.7 Å². The van der Waals surface area contributed by atoms with E-state index in [1.165, 1.54) is 12.4 Å². The highest BCUT2D eigenvalue weighted by atomic mass is 19.1. The van der Waals surface area contributed by atoms with E-state index in [1.54, 1.807) is 0 Å². The van der Waals surface area contributed by atoms with E-state index in [4.69, 9.17) is 0 Å². The Hall–Kier alpha value is -1.27. The maximum Gasteiger partial charge on any atom is 0.225 e. The molecule has 0 radical (unpaired) electrons. The number of aliphatic hydroxyl groups is 1. The van der Waals surface area contributed by atoms with Crippen molar-refractivity contribution in [2.45, 2.75) is 18.9 Å². The first-order chi connectivity index (χ1) is 9.26. The fraction of sp³-hybridized carbons (Fsp3) is 0.692. The number of halogens is 1. The standard InChI is InChI=1S/C13H19FN4O/c14-11-5-15-13(16-6-11)18-4-3-17-7-10(9-19)1-2-12(17)8-18/h5-6,10,12,19H,1-4,7-9H2/t10-,12+/m1/s1. The summed E-state index contributed by atoms with van der Waals surface area (Å²) in [5, 5.41) is 9.24. The van der Waals surface area contributed by atoms with Gasteiger partial charge < -0.3 is 10.0 Å². The minimum atomic E-state index is -0.397. The molecule has 0 aliphatic carbocycles. The minimum absolute atomic E-state index is 0.286. The van der Waals surface area contributed by atoms with E-state index in [9.17, 15) is 9.50 Å². The number of aliphatic hydroxyl groups excluding tert-OH is 1. The van der Waals surface area contributed by atoms with Gasteiger partial charge in [-0.1, -0.05) is 0 Å². The van der Waals surface area contributed by atoms with Crippen LogP contribution in [-0.2, 0) is 0 Å². The Bertz CT molecular complexity index is 427. The van der Waals surface area contributed by atoms with Crippen molar-refractivity contribution in [3.05, 3.63) is 18.2 Å². The van der Waals surface area contributed by atoms with Crippen LogP contribution in [0.4, 0.5) is 10.3 Å². The molecule has 104 valence electrons. The molecule has 0 amide bonds. The molecule has 2 aliphatic heterocycles. The monoisotopic (exact) mass is 266 g/mol. The summed E-state index contributed by atoms with van der Waals surface area (Å²) in [6.45, 7) is 3.99. The van der Waals surface area contributed by atoms with Gasteiger partial charge in [0.2, 0.25) is 5.95 Å². The number of aromatic nitrogens is 2. The van der Waals surface area contributed by atoms with Crippen molar-refractivity contribution in [3.63, 3.8) is 0 Å². The molecule has 5 nitrogen and oxygen atoms in total. The molecule has 0 bridgehead atoms. The zero-order valence-electron chi connectivity index (χ0n) is 10.9. The lowest BCUT2D eigenvalue weighted by molar-refractivity contribution is 0.0670. The summed E-state index contributed by atoms with van der Waals surface area (Å²) >= 11 is 0. The molecule has 1 aromatic rings. The number of hydrogen-bond acceptors (Lipinski definition) is 5. The average molecular weight is 266 g/mol. The molecule has 1 N–H and O–H groups in total. The molecule has 19 heavy (non-hydrogen) atoms. The molecule has 1 aromatic heterocycles. The van der Waals surface area contributed by atoms with Crippen molar-refractivity contribution in [1.29, 1.82) is 0 Å². The maximum absolute atomic E-state index is 12.8. The summed E-state index contributed by atoms with van der Waals surface area (Å²) in [6, 6.07) is 0.505. The van der Waals surface area contributed by atoms with Gasteiger partial charge in [-0.25, -0.2) is 14.4 Å². The van der Waals surface area contributed by atoms with Crippen LogP contribution in [0.15, 0.2) is 12.4 Å². The van der Waals surface area contributed by atoms with Gasteiger partial charge in [0.1, 0.15) is 0 Å². The van der Waals surface area contributed by atoms with Gasteiger partial charge in [0.25, 0.3) is 0 Å². The van der Waals surface area contributed by atoms with Gasteiger partial charge >= 0.3 is 0 Å². The van der Waals surface area contributed by atoms with Gasteiger partial charge in [0.15, 0.2) is 5.82 Å².